The van der Waals surface area contributed by atoms with Crippen LogP contribution in [0.25, 0.3) is 11.0 Å². The highest BCUT2D eigenvalue weighted by atomic mass is 16.4. The number of rotatable bonds is 4. The van der Waals surface area contributed by atoms with Crippen LogP contribution < -0.4 is 10.5 Å². The lowest BCUT2D eigenvalue weighted by atomic mass is 9.73. The molecule has 2 aliphatic carbocycles. The molecule has 1 N–H and O–H groups in total. The zero-order chi connectivity index (χ0) is 25.1. The molecule has 2 saturated carbocycles. The highest BCUT2D eigenvalue weighted by molar-refractivity contribution is 5.81. The van der Waals surface area contributed by atoms with E-state index in [-0.39, 0.29) is 11.6 Å². The lowest BCUT2D eigenvalue weighted by molar-refractivity contribution is -0.140. The van der Waals surface area contributed by atoms with Crippen LogP contribution in [0.1, 0.15) is 89.5 Å². The zero-order valence-electron chi connectivity index (χ0n) is 21.8. The van der Waals surface area contributed by atoms with Gasteiger partial charge in [0, 0.05) is 30.7 Å². The Balaban J connectivity index is 1.22. The van der Waals surface area contributed by atoms with Gasteiger partial charge in [-0.25, -0.2) is 9.78 Å². The minimum Gasteiger partial charge on any atom is -0.480 e. The van der Waals surface area contributed by atoms with Gasteiger partial charge in [-0.05, 0) is 75.3 Å². The van der Waals surface area contributed by atoms with Gasteiger partial charge in [0.15, 0.2) is 5.82 Å². The molecule has 0 radical (unpaired) electrons. The third-order valence-corrected chi connectivity index (χ3v) is 10.5. The van der Waals surface area contributed by atoms with E-state index >= 15 is 0 Å². The Labute approximate surface area is 218 Å². The van der Waals surface area contributed by atoms with Crippen LogP contribution in [-0.4, -0.2) is 56.2 Å². The maximum atomic E-state index is 14.0. The first-order chi connectivity index (χ1) is 18.1. The van der Waals surface area contributed by atoms with Crippen molar-refractivity contribution < 1.29 is 9.90 Å². The second-order valence-electron chi connectivity index (χ2n) is 12.6. The number of hydrogen-bond donors (Lipinski definition) is 1. The smallest absolute Gasteiger partial charge is 0.326 e. The number of benzene rings is 1. The van der Waals surface area contributed by atoms with Crippen molar-refractivity contribution in [3.63, 3.8) is 0 Å². The molecule has 37 heavy (non-hydrogen) atoms. The predicted octanol–water partition coefficient (Wildman–Crippen LogP) is 4.98. The van der Waals surface area contributed by atoms with Crippen molar-refractivity contribution in [1.82, 2.24) is 14.5 Å². The third-order valence-electron chi connectivity index (χ3n) is 10.5. The number of carboxylic acids is 1. The summed E-state index contributed by atoms with van der Waals surface area (Å²) in [5.41, 5.74) is 1.57. The van der Waals surface area contributed by atoms with E-state index in [1.54, 1.807) is 4.90 Å². The summed E-state index contributed by atoms with van der Waals surface area (Å²) >= 11 is 0. The van der Waals surface area contributed by atoms with Crippen LogP contribution in [0.3, 0.4) is 0 Å². The average Bonchev–Trinajstić information content (AvgIpc) is 3.02. The van der Waals surface area contributed by atoms with Crippen LogP contribution in [0.2, 0.25) is 0 Å². The number of aliphatic carboxylic acids is 1. The number of fused-ring (bicyclic) bond motifs is 5. The fraction of sp³-hybridized carbons (Fsp3) is 0.700. The molecule has 7 heteroatoms. The van der Waals surface area contributed by atoms with Crippen molar-refractivity contribution in [3.05, 3.63) is 34.6 Å². The van der Waals surface area contributed by atoms with Crippen LogP contribution in [0.4, 0.5) is 5.82 Å². The second kappa shape index (κ2) is 9.40. The van der Waals surface area contributed by atoms with Gasteiger partial charge in [0.25, 0.3) is 5.56 Å². The van der Waals surface area contributed by atoms with Gasteiger partial charge in [-0.15, -0.1) is 0 Å². The van der Waals surface area contributed by atoms with Crippen molar-refractivity contribution in [2.75, 3.05) is 11.4 Å². The highest BCUT2D eigenvalue weighted by Crippen LogP contribution is 2.47. The van der Waals surface area contributed by atoms with Gasteiger partial charge in [0.05, 0.1) is 11.0 Å². The van der Waals surface area contributed by atoms with E-state index in [1.807, 2.05) is 28.8 Å². The fourth-order valence-corrected chi connectivity index (χ4v) is 8.90. The SMILES string of the molecule is O=C(O)[C@@H]1CCN1c1nc2ccccc2n(C2C[C@H]3CCC[C@@H](C2)N3C2C[C@H]3CCCC[C@@H](C2)C3)c1=O. The number of aromatic nitrogens is 2. The number of para-hydroxylation sites is 2. The Morgan fingerprint density at radius 3 is 2.16 bits per heavy atom. The Morgan fingerprint density at radius 2 is 1.51 bits per heavy atom. The monoisotopic (exact) mass is 504 g/mol. The molecule has 0 amide bonds. The Morgan fingerprint density at radius 1 is 0.811 bits per heavy atom. The van der Waals surface area contributed by atoms with Crippen LogP contribution in [0.15, 0.2) is 29.1 Å². The van der Waals surface area contributed by atoms with Gasteiger partial charge in [0.1, 0.15) is 6.04 Å². The number of carboxylic acid groups (broad SMARTS) is 1. The van der Waals surface area contributed by atoms with Crippen LogP contribution in [0.5, 0.6) is 0 Å². The molecule has 1 aromatic carbocycles. The van der Waals surface area contributed by atoms with E-state index < -0.39 is 12.0 Å². The third kappa shape index (κ3) is 4.08. The molecular weight excluding hydrogens is 464 g/mol. The molecule has 5 fully saturated rings. The Kier molecular flexibility index (Phi) is 6.02. The molecule has 7 rings (SSSR count). The van der Waals surface area contributed by atoms with Gasteiger partial charge < -0.3 is 14.6 Å². The molecule has 2 unspecified atom stereocenters. The topological polar surface area (TPSA) is 78.7 Å². The molecule has 5 aliphatic rings. The first kappa shape index (κ1) is 23.7. The van der Waals surface area contributed by atoms with Crippen molar-refractivity contribution in [3.8, 4) is 0 Å². The van der Waals surface area contributed by atoms with Gasteiger partial charge in [-0.2, -0.15) is 0 Å². The summed E-state index contributed by atoms with van der Waals surface area (Å²) in [5.74, 6) is 1.28. The van der Waals surface area contributed by atoms with E-state index in [0.29, 0.717) is 30.9 Å². The van der Waals surface area contributed by atoms with Gasteiger partial charge in [-0.3, -0.25) is 9.69 Å². The molecule has 1 aromatic heterocycles. The molecular formula is C30H40N4O3. The predicted molar refractivity (Wildman–Crippen MR) is 144 cm³/mol. The lowest BCUT2D eigenvalue weighted by Crippen LogP contribution is -2.59. The standard InChI is InChI=1S/C30H40N4O3/c35-29-28(32-13-12-27(32)30(36)37)31-25-10-3-4-11-26(25)34(29)24-17-21-8-5-9-22(18-24)33(21)23-15-19-6-1-2-7-20(14-19)16-23/h3-4,10-11,19-24,27H,1-2,5-9,12-18H2,(H,36,37)/t19-,20+,21-,22+,23?,24?,27-/m0/s1. The van der Waals surface area contributed by atoms with Crippen molar-refractivity contribution in [1.29, 1.82) is 0 Å². The molecule has 3 saturated heterocycles. The summed E-state index contributed by atoms with van der Waals surface area (Å²) in [4.78, 5) is 35.1. The second-order valence-corrected chi connectivity index (χ2v) is 12.6. The summed E-state index contributed by atoms with van der Waals surface area (Å²) in [5, 5.41) is 9.64. The number of carbonyl (C=O) groups is 1. The number of anilines is 1. The van der Waals surface area contributed by atoms with E-state index in [0.717, 1.165) is 41.8 Å². The summed E-state index contributed by atoms with van der Waals surface area (Å²) in [6.45, 7) is 0.575. The largest absolute Gasteiger partial charge is 0.480 e. The van der Waals surface area contributed by atoms with Crippen molar-refractivity contribution in [2.24, 2.45) is 11.8 Å². The van der Waals surface area contributed by atoms with Crippen LogP contribution >= 0.6 is 0 Å². The highest BCUT2D eigenvalue weighted by Gasteiger charge is 2.45. The lowest BCUT2D eigenvalue weighted by Gasteiger charge is -2.54. The average molecular weight is 505 g/mol. The Hall–Kier alpha value is -2.41. The van der Waals surface area contributed by atoms with E-state index in [9.17, 15) is 14.7 Å². The normalized spacial score (nSPS) is 36.1. The number of piperidine rings is 2. The molecule has 198 valence electrons. The zero-order valence-corrected chi connectivity index (χ0v) is 21.8. The number of hydrogen-bond acceptors (Lipinski definition) is 5. The quantitative estimate of drug-likeness (QED) is 0.633. The van der Waals surface area contributed by atoms with Gasteiger partial charge in [-0.1, -0.05) is 44.2 Å². The molecule has 3 aliphatic heterocycles. The van der Waals surface area contributed by atoms with Crippen molar-refractivity contribution >= 4 is 22.8 Å². The molecule has 2 aromatic rings. The van der Waals surface area contributed by atoms with Gasteiger partial charge in [0.2, 0.25) is 0 Å². The first-order valence-corrected chi connectivity index (χ1v) is 14.8. The van der Waals surface area contributed by atoms with Crippen molar-refractivity contribution in [2.45, 2.75) is 114 Å². The number of nitrogens with zero attached hydrogens (tertiary/aromatic N) is 4. The summed E-state index contributed by atoms with van der Waals surface area (Å²) in [7, 11) is 0. The molecule has 7 atom stereocenters. The van der Waals surface area contributed by atoms with E-state index in [4.69, 9.17) is 4.98 Å². The van der Waals surface area contributed by atoms with Crippen LogP contribution in [0, 0.1) is 11.8 Å². The molecule has 0 spiro atoms. The minimum absolute atomic E-state index is 0.107. The minimum atomic E-state index is -0.872. The summed E-state index contributed by atoms with van der Waals surface area (Å²) in [6.07, 6.45) is 16.2. The van der Waals surface area contributed by atoms with E-state index in [1.165, 1.54) is 64.2 Å². The molecule has 4 bridgehead atoms. The molecule has 4 heterocycles. The summed E-state index contributed by atoms with van der Waals surface area (Å²) in [6, 6.07) is 9.23. The summed E-state index contributed by atoms with van der Waals surface area (Å²) < 4.78 is 2.01. The maximum absolute atomic E-state index is 14.0. The Bertz CT molecular complexity index is 1220. The molecule has 7 nitrogen and oxygen atoms in total. The maximum Gasteiger partial charge on any atom is 0.326 e. The fourth-order valence-electron chi connectivity index (χ4n) is 8.90. The van der Waals surface area contributed by atoms with Gasteiger partial charge >= 0.3 is 5.97 Å². The first-order valence-electron chi connectivity index (χ1n) is 14.8. The van der Waals surface area contributed by atoms with Crippen LogP contribution in [-0.2, 0) is 4.79 Å². The van der Waals surface area contributed by atoms with E-state index in [2.05, 4.69) is 4.90 Å².